The van der Waals surface area contributed by atoms with Crippen molar-refractivity contribution in [2.24, 2.45) is 5.41 Å². The van der Waals surface area contributed by atoms with Crippen LogP contribution in [0.25, 0.3) is 0 Å². The van der Waals surface area contributed by atoms with Gasteiger partial charge in [0.2, 0.25) is 0 Å². The van der Waals surface area contributed by atoms with E-state index in [4.69, 9.17) is 11.6 Å². The first kappa shape index (κ1) is 17.5. The van der Waals surface area contributed by atoms with Gasteiger partial charge < -0.3 is 0 Å². The van der Waals surface area contributed by atoms with Crippen LogP contribution in [0.5, 0.6) is 0 Å². The van der Waals surface area contributed by atoms with E-state index in [-0.39, 0.29) is 5.41 Å². The fourth-order valence-electron chi connectivity index (χ4n) is 2.42. The summed E-state index contributed by atoms with van der Waals surface area (Å²) in [4.78, 5) is 0. The molecule has 1 aromatic rings. The van der Waals surface area contributed by atoms with Gasteiger partial charge in [-0.25, -0.2) is 0 Å². The molecule has 0 aliphatic rings. The lowest BCUT2D eigenvalue weighted by Crippen LogP contribution is -2.29. The minimum Gasteiger partial charge on any atom is -0.268 e. The summed E-state index contributed by atoms with van der Waals surface area (Å²) in [6, 6.07) is 0. The van der Waals surface area contributed by atoms with Gasteiger partial charge in [-0.2, -0.15) is 5.10 Å². The number of halogens is 3. The molecule has 0 saturated heterocycles. The van der Waals surface area contributed by atoms with Gasteiger partial charge in [-0.3, -0.25) is 4.68 Å². The van der Waals surface area contributed by atoms with Crippen LogP contribution in [0.15, 0.2) is 0 Å². The lowest BCUT2D eigenvalue weighted by atomic mass is 9.83. The van der Waals surface area contributed by atoms with E-state index in [1.54, 1.807) is 0 Å². The predicted octanol–water partition coefficient (Wildman–Crippen LogP) is 5.24. The Kier molecular flexibility index (Phi) is 7.41. The Hall–Kier alpha value is 0.460. The first-order chi connectivity index (χ1) is 9.07. The molecule has 0 fully saturated rings. The Labute approximate surface area is 138 Å². The molecule has 1 aromatic heterocycles. The normalized spacial score (nSPS) is 12.1. The SMILES string of the molecule is CCCC(CBr)(CBr)Cc1c(Cl)c(CC)nn1CC. The molecule has 5 heteroatoms. The molecule has 1 rings (SSSR count). The molecule has 0 radical (unpaired) electrons. The van der Waals surface area contributed by atoms with E-state index in [9.17, 15) is 0 Å². The quantitative estimate of drug-likeness (QED) is 0.532. The highest BCUT2D eigenvalue weighted by Gasteiger charge is 2.30. The Balaban J connectivity index is 3.11. The molecule has 2 nitrogen and oxygen atoms in total. The summed E-state index contributed by atoms with van der Waals surface area (Å²) in [5.74, 6) is 0. The van der Waals surface area contributed by atoms with Crippen molar-refractivity contribution in [2.45, 2.75) is 53.0 Å². The molecule has 0 aliphatic heterocycles. The summed E-state index contributed by atoms with van der Waals surface area (Å²) < 4.78 is 2.07. The smallest absolute Gasteiger partial charge is 0.0850 e. The third-order valence-corrected chi connectivity index (χ3v) is 6.40. The predicted molar refractivity (Wildman–Crippen MR) is 90.9 cm³/mol. The number of alkyl halides is 2. The van der Waals surface area contributed by atoms with Crippen LogP contribution in [-0.2, 0) is 19.4 Å². The van der Waals surface area contributed by atoms with Crippen molar-refractivity contribution in [3.05, 3.63) is 16.4 Å². The van der Waals surface area contributed by atoms with E-state index in [0.29, 0.717) is 0 Å². The highest BCUT2D eigenvalue weighted by Crippen LogP contribution is 2.36. The van der Waals surface area contributed by atoms with Crippen molar-refractivity contribution >= 4 is 43.5 Å². The lowest BCUT2D eigenvalue weighted by Gasteiger charge is -2.30. The molecule has 0 saturated carbocycles. The minimum atomic E-state index is 0.219. The molecule has 0 spiro atoms. The molecule has 0 atom stereocenters. The summed E-state index contributed by atoms with van der Waals surface area (Å²) in [6.07, 6.45) is 4.21. The number of hydrogen-bond donors (Lipinski definition) is 0. The van der Waals surface area contributed by atoms with Gasteiger partial charge in [0.15, 0.2) is 0 Å². The van der Waals surface area contributed by atoms with Crippen LogP contribution in [0.3, 0.4) is 0 Å². The van der Waals surface area contributed by atoms with Crippen LogP contribution in [-0.4, -0.2) is 20.4 Å². The largest absolute Gasteiger partial charge is 0.268 e. The van der Waals surface area contributed by atoms with Gasteiger partial charge in [-0.05, 0) is 31.6 Å². The van der Waals surface area contributed by atoms with E-state index in [2.05, 4.69) is 62.4 Å². The minimum absolute atomic E-state index is 0.219. The number of hydrogen-bond acceptors (Lipinski definition) is 1. The number of aromatic nitrogens is 2. The lowest BCUT2D eigenvalue weighted by molar-refractivity contribution is 0.340. The zero-order valence-corrected chi connectivity index (χ0v) is 15.9. The third kappa shape index (κ3) is 3.98. The molecule has 110 valence electrons. The second-order valence-corrected chi connectivity index (χ2v) is 6.57. The average molecular weight is 415 g/mol. The van der Waals surface area contributed by atoms with E-state index in [0.717, 1.165) is 40.8 Å². The standard InChI is InChI=1S/C14H23Br2ClN2/c1-4-7-14(9-15,10-16)8-12-13(17)11(5-2)18-19(12)6-3/h4-10H2,1-3H3. The topological polar surface area (TPSA) is 17.8 Å². The summed E-state index contributed by atoms with van der Waals surface area (Å²) in [6.45, 7) is 7.33. The maximum absolute atomic E-state index is 6.51. The summed E-state index contributed by atoms with van der Waals surface area (Å²) in [7, 11) is 0. The van der Waals surface area contributed by atoms with Crippen LogP contribution in [0.2, 0.25) is 5.02 Å². The molecule has 0 aliphatic carbocycles. The summed E-state index contributed by atoms with van der Waals surface area (Å²) in [5, 5.41) is 7.44. The van der Waals surface area contributed by atoms with Crippen molar-refractivity contribution in [1.29, 1.82) is 0 Å². The second-order valence-electron chi connectivity index (χ2n) is 5.07. The van der Waals surface area contributed by atoms with Crippen molar-refractivity contribution < 1.29 is 0 Å². The Bertz CT molecular complexity index is 400. The van der Waals surface area contributed by atoms with Crippen molar-refractivity contribution in [3.8, 4) is 0 Å². The van der Waals surface area contributed by atoms with Gasteiger partial charge in [-0.15, -0.1) is 0 Å². The van der Waals surface area contributed by atoms with Crippen LogP contribution in [0.4, 0.5) is 0 Å². The van der Waals surface area contributed by atoms with Crippen LogP contribution >= 0.6 is 43.5 Å². The molecule has 0 bridgehead atoms. The van der Waals surface area contributed by atoms with Crippen molar-refractivity contribution in [3.63, 3.8) is 0 Å². The second kappa shape index (κ2) is 8.04. The van der Waals surface area contributed by atoms with Crippen LogP contribution in [0.1, 0.15) is 45.0 Å². The fraction of sp³-hybridized carbons (Fsp3) is 0.786. The Morgan fingerprint density at radius 1 is 1.21 bits per heavy atom. The number of rotatable bonds is 8. The summed E-state index contributed by atoms with van der Waals surface area (Å²) >= 11 is 13.9. The fourth-order valence-corrected chi connectivity index (χ4v) is 4.65. The monoisotopic (exact) mass is 412 g/mol. The first-order valence-corrected chi connectivity index (χ1v) is 9.55. The van der Waals surface area contributed by atoms with Crippen molar-refractivity contribution in [2.75, 3.05) is 10.7 Å². The average Bonchev–Trinajstić information content (AvgIpc) is 2.74. The van der Waals surface area contributed by atoms with Gasteiger partial charge in [-0.1, -0.05) is 63.7 Å². The number of aryl methyl sites for hydroxylation is 2. The molecular weight excluding hydrogens is 391 g/mol. The zero-order chi connectivity index (χ0) is 14.5. The number of nitrogens with zero attached hydrogens (tertiary/aromatic N) is 2. The van der Waals surface area contributed by atoms with Gasteiger partial charge in [0, 0.05) is 17.2 Å². The highest BCUT2D eigenvalue weighted by atomic mass is 79.9. The molecular formula is C14H23Br2ClN2. The van der Waals surface area contributed by atoms with Gasteiger partial charge >= 0.3 is 0 Å². The molecule has 19 heavy (non-hydrogen) atoms. The van der Waals surface area contributed by atoms with E-state index >= 15 is 0 Å². The van der Waals surface area contributed by atoms with Gasteiger partial charge in [0.05, 0.1) is 16.4 Å². The van der Waals surface area contributed by atoms with Crippen molar-refractivity contribution in [1.82, 2.24) is 9.78 Å². The third-order valence-electron chi connectivity index (χ3n) is 3.58. The molecule has 0 unspecified atom stereocenters. The zero-order valence-electron chi connectivity index (χ0n) is 12.0. The first-order valence-electron chi connectivity index (χ1n) is 6.93. The van der Waals surface area contributed by atoms with Crippen LogP contribution in [0, 0.1) is 5.41 Å². The van der Waals surface area contributed by atoms with E-state index in [1.807, 2.05) is 0 Å². The Morgan fingerprint density at radius 3 is 2.26 bits per heavy atom. The maximum atomic E-state index is 6.51. The molecule has 1 heterocycles. The van der Waals surface area contributed by atoms with Gasteiger partial charge in [0.1, 0.15) is 0 Å². The Morgan fingerprint density at radius 2 is 1.84 bits per heavy atom. The summed E-state index contributed by atoms with van der Waals surface area (Å²) in [5.41, 5.74) is 2.43. The highest BCUT2D eigenvalue weighted by molar-refractivity contribution is 9.09. The maximum Gasteiger partial charge on any atom is 0.0850 e. The van der Waals surface area contributed by atoms with E-state index < -0.39 is 0 Å². The van der Waals surface area contributed by atoms with Crippen LogP contribution < -0.4 is 0 Å². The molecule has 0 N–H and O–H groups in total. The van der Waals surface area contributed by atoms with Gasteiger partial charge in [0.25, 0.3) is 0 Å². The molecule has 0 aromatic carbocycles. The molecule has 0 amide bonds. The van der Waals surface area contributed by atoms with E-state index in [1.165, 1.54) is 18.5 Å².